The van der Waals surface area contributed by atoms with Crippen LogP contribution in [0.3, 0.4) is 0 Å². The van der Waals surface area contributed by atoms with Crippen LogP contribution in [0.4, 0.5) is 0 Å². The van der Waals surface area contributed by atoms with Gasteiger partial charge < -0.3 is 10.6 Å². The normalized spacial score (nSPS) is 27.8. The van der Waals surface area contributed by atoms with Crippen molar-refractivity contribution in [3.05, 3.63) is 35.9 Å². The van der Waals surface area contributed by atoms with E-state index < -0.39 is 0 Å². The number of hydrogen-bond acceptors (Lipinski definition) is 3. The average molecular weight is 257 g/mol. The van der Waals surface area contributed by atoms with Gasteiger partial charge in [0, 0.05) is 6.04 Å². The summed E-state index contributed by atoms with van der Waals surface area (Å²) in [5.74, 6) is 0.755. The minimum Gasteiger partial charge on any atom is -0.370 e. The van der Waals surface area contributed by atoms with Crippen LogP contribution in [-0.4, -0.2) is 29.0 Å². The number of nitrogens with zero attached hydrogens (tertiary/aromatic N) is 2. The van der Waals surface area contributed by atoms with Crippen molar-refractivity contribution >= 4 is 5.96 Å². The maximum absolute atomic E-state index is 6.16. The molecule has 1 aromatic rings. The molecule has 3 rings (SSSR count). The summed E-state index contributed by atoms with van der Waals surface area (Å²) in [6.07, 6.45) is 6.21. The number of hydrogen-bond donors (Lipinski definition) is 1. The molecule has 3 heteroatoms. The third-order valence-corrected chi connectivity index (χ3v) is 4.53. The molecule has 0 amide bonds. The highest BCUT2D eigenvalue weighted by Crippen LogP contribution is 2.34. The Morgan fingerprint density at radius 2 is 1.95 bits per heavy atom. The van der Waals surface area contributed by atoms with Crippen LogP contribution in [0, 0.1) is 0 Å². The first-order valence-corrected chi connectivity index (χ1v) is 7.32. The first kappa shape index (κ1) is 12.5. The predicted octanol–water partition coefficient (Wildman–Crippen LogP) is 2.56. The standard InChI is InChI=1S/C16H23N3/c1-16(11-13-7-3-2-4-8-13)12-18-15(17)19(16)14-9-5-6-10-14/h2-4,7-8,14H,5-6,9-12H2,1H3,(H2,17,18). The SMILES string of the molecule is CC1(Cc2ccccc2)CN=C(N)N1C1CCCC1. The molecule has 0 spiro atoms. The average Bonchev–Trinajstić information content (AvgIpc) is 3.00. The third kappa shape index (κ3) is 2.34. The number of benzene rings is 1. The molecule has 0 aromatic heterocycles. The largest absolute Gasteiger partial charge is 0.370 e. The van der Waals surface area contributed by atoms with Gasteiger partial charge in [-0.2, -0.15) is 0 Å². The second kappa shape index (κ2) is 4.87. The van der Waals surface area contributed by atoms with Crippen molar-refractivity contribution in [1.82, 2.24) is 4.90 Å². The number of rotatable bonds is 3. The van der Waals surface area contributed by atoms with Crippen LogP contribution < -0.4 is 5.73 Å². The van der Waals surface area contributed by atoms with Gasteiger partial charge in [-0.15, -0.1) is 0 Å². The number of nitrogens with two attached hydrogens (primary N) is 1. The van der Waals surface area contributed by atoms with Gasteiger partial charge in [-0.05, 0) is 31.7 Å². The van der Waals surface area contributed by atoms with Crippen molar-refractivity contribution in [3.8, 4) is 0 Å². The van der Waals surface area contributed by atoms with Crippen LogP contribution in [-0.2, 0) is 6.42 Å². The zero-order valence-corrected chi connectivity index (χ0v) is 11.7. The maximum Gasteiger partial charge on any atom is 0.192 e. The molecule has 0 radical (unpaired) electrons. The molecular formula is C16H23N3. The summed E-state index contributed by atoms with van der Waals surface area (Å²) in [4.78, 5) is 6.94. The molecule has 1 atom stereocenters. The van der Waals surface area contributed by atoms with Gasteiger partial charge >= 0.3 is 0 Å². The Morgan fingerprint density at radius 3 is 2.63 bits per heavy atom. The van der Waals surface area contributed by atoms with Crippen LogP contribution >= 0.6 is 0 Å². The molecule has 0 saturated heterocycles. The van der Waals surface area contributed by atoms with Crippen LogP contribution in [0.15, 0.2) is 35.3 Å². The summed E-state index contributed by atoms with van der Waals surface area (Å²) >= 11 is 0. The first-order chi connectivity index (χ1) is 9.19. The summed E-state index contributed by atoms with van der Waals surface area (Å²) in [6.45, 7) is 3.13. The van der Waals surface area contributed by atoms with E-state index in [4.69, 9.17) is 5.73 Å². The van der Waals surface area contributed by atoms with Crippen LogP contribution in [0.1, 0.15) is 38.2 Å². The van der Waals surface area contributed by atoms with Crippen LogP contribution in [0.25, 0.3) is 0 Å². The topological polar surface area (TPSA) is 41.6 Å². The van der Waals surface area contributed by atoms with E-state index in [0.29, 0.717) is 6.04 Å². The molecule has 3 nitrogen and oxygen atoms in total. The fourth-order valence-electron chi connectivity index (χ4n) is 3.65. The smallest absolute Gasteiger partial charge is 0.192 e. The highest BCUT2D eigenvalue weighted by atomic mass is 15.4. The van der Waals surface area contributed by atoms with Crippen molar-refractivity contribution < 1.29 is 0 Å². The lowest BCUT2D eigenvalue weighted by Gasteiger charge is -2.40. The zero-order chi connectivity index (χ0) is 13.3. The summed E-state index contributed by atoms with van der Waals surface area (Å²) in [7, 11) is 0. The van der Waals surface area contributed by atoms with Gasteiger partial charge in [-0.1, -0.05) is 43.2 Å². The van der Waals surface area contributed by atoms with Gasteiger partial charge in [0.25, 0.3) is 0 Å². The molecule has 1 fully saturated rings. The molecule has 102 valence electrons. The molecule has 0 bridgehead atoms. The van der Waals surface area contributed by atoms with Crippen molar-refractivity contribution in [2.24, 2.45) is 10.7 Å². The molecule has 2 aliphatic rings. The zero-order valence-electron chi connectivity index (χ0n) is 11.7. The van der Waals surface area contributed by atoms with Crippen molar-refractivity contribution in [3.63, 3.8) is 0 Å². The Labute approximate surface area is 115 Å². The molecule has 1 aromatic carbocycles. The maximum atomic E-state index is 6.16. The Kier molecular flexibility index (Phi) is 3.21. The molecule has 2 N–H and O–H groups in total. The van der Waals surface area contributed by atoms with Crippen molar-refractivity contribution in [2.45, 2.75) is 50.6 Å². The molecule has 1 aliphatic heterocycles. The van der Waals surface area contributed by atoms with Gasteiger partial charge in [-0.3, -0.25) is 4.99 Å². The molecule has 1 unspecified atom stereocenters. The Balaban J connectivity index is 1.81. The van der Waals surface area contributed by atoms with E-state index in [2.05, 4.69) is 47.1 Å². The van der Waals surface area contributed by atoms with Gasteiger partial charge in [-0.25, -0.2) is 0 Å². The lowest BCUT2D eigenvalue weighted by molar-refractivity contribution is 0.166. The quantitative estimate of drug-likeness (QED) is 0.904. The summed E-state index contributed by atoms with van der Waals surface area (Å²) in [6, 6.07) is 11.3. The van der Waals surface area contributed by atoms with Crippen LogP contribution in [0.2, 0.25) is 0 Å². The molecule has 1 aliphatic carbocycles. The lowest BCUT2D eigenvalue weighted by atomic mass is 9.90. The highest BCUT2D eigenvalue weighted by Gasteiger charge is 2.42. The summed E-state index contributed by atoms with van der Waals surface area (Å²) in [5.41, 5.74) is 7.59. The summed E-state index contributed by atoms with van der Waals surface area (Å²) < 4.78 is 0. The Bertz CT molecular complexity index is 462. The van der Waals surface area contributed by atoms with Gasteiger partial charge in [0.1, 0.15) is 0 Å². The number of guanidine groups is 1. The van der Waals surface area contributed by atoms with E-state index in [1.165, 1.54) is 31.2 Å². The highest BCUT2D eigenvalue weighted by molar-refractivity contribution is 5.81. The third-order valence-electron chi connectivity index (χ3n) is 4.53. The molecular weight excluding hydrogens is 234 g/mol. The molecule has 19 heavy (non-hydrogen) atoms. The second-order valence-electron chi connectivity index (χ2n) is 6.14. The van der Waals surface area contributed by atoms with Crippen LogP contribution in [0.5, 0.6) is 0 Å². The fraction of sp³-hybridized carbons (Fsp3) is 0.562. The van der Waals surface area contributed by atoms with E-state index in [-0.39, 0.29) is 5.54 Å². The predicted molar refractivity (Wildman–Crippen MR) is 79.1 cm³/mol. The Hall–Kier alpha value is -1.51. The molecule has 1 saturated carbocycles. The van der Waals surface area contributed by atoms with E-state index in [1.54, 1.807) is 0 Å². The number of aliphatic imine (C=N–C) groups is 1. The van der Waals surface area contributed by atoms with Gasteiger partial charge in [0.05, 0.1) is 12.1 Å². The van der Waals surface area contributed by atoms with E-state index in [9.17, 15) is 0 Å². The minimum atomic E-state index is 0.0560. The lowest BCUT2D eigenvalue weighted by Crippen LogP contribution is -2.55. The molecule has 1 heterocycles. The van der Waals surface area contributed by atoms with E-state index in [0.717, 1.165) is 18.9 Å². The van der Waals surface area contributed by atoms with Crippen molar-refractivity contribution in [2.75, 3.05) is 6.54 Å². The summed E-state index contributed by atoms with van der Waals surface area (Å²) in [5, 5.41) is 0. The van der Waals surface area contributed by atoms with Gasteiger partial charge in [0.15, 0.2) is 5.96 Å². The fourth-order valence-corrected chi connectivity index (χ4v) is 3.65. The first-order valence-electron chi connectivity index (χ1n) is 7.32. The van der Waals surface area contributed by atoms with E-state index >= 15 is 0 Å². The second-order valence-corrected chi connectivity index (χ2v) is 6.14. The minimum absolute atomic E-state index is 0.0560. The van der Waals surface area contributed by atoms with Gasteiger partial charge in [0.2, 0.25) is 0 Å². The Morgan fingerprint density at radius 1 is 1.26 bits per heavy atom. The monoisotopic (exact) mass is 257 g/mol. The van der Waals surface area contributed by atoms with E-state index in [1.807, 2.05) is 0 Å². The van der Waals surface area contributed by atoms with Crippen molar-refractivity contribution in [1.29, 1.82) is 0 Å².